The third-order valence-electron chi connectivity index (χ3n) is 4.20. The lowest BCUT2D eigenvalue weighted by molar-refractivity contribution is -0.137. The zero-order valence-corrected chi connectivity index (χ0v) is 15.3. The van der Waals surface area contributed by atoms with Gasteiger partial charge in [0.15, 0.2) is 6.61 Å². The lowest BCUT2D eigenvalue weighted by Gasteiger charge is -2.17. The van der Waals surface area contributed by atoms with Crippen LogP contribution in [0.15, 0.2) is 42.5 Å². The zero-order chi connectivity index (χ0) is 20.9. The molecule has 1 heterocycles. The second kappa shape index (κ2) is 8.85. The number of ether oxygens (including phenoxy) is 2. The van der Waals surface area contributed by atoms with Crippen LogP contribution in [0, 0.1) is 0 Å². The number of amides is 2. The van der Waals surface area contributed by atoms with Gasteiger partial charge in [-0.05, 0) is 48.4 Å². The van der Waals surface area contributed by atoms with Crippen molar-refractivity contribution in [3.8, 4) is 11.5 Å². The number of halogens is 3. The standard InChI is InChI=1S/C20H19F3N2O4/c21-20(22,23)14-2-1-3-15(11-14)29-12-19(27)24-8-9-28-16-5-6-17-13(10-16)4-7-18(26)25-17/h1-3,5-6,10-11H,4,7-9,12H2,(H,24,27)(H,25,26). The third-order valence-corrected chi connectivity index (χ3v) is 4.20. The number of hydrogen-bond donors (Lipinski definition) is 2. The fourth-order valence-corrected chi connectivity index (χ4v) is 2.77. The Kier molecular flexibility index (Phi) is 6.26. The molecule has 2 aromatic carbocycles. The SMILES string of the molecule is O=C(COc1cccc(C(F)(F)F)c1)NCCOc1ccc2c(c1)CCC(=O)N2. The summed E-state index contributed by atoms with van der Waals surface area (Å²) in [6, 6.07) is 9.67. The summed E-state index contributed by atoms with van der Waals surface area (Å²) in [4.78, 5) is 23.1. The van der Waals surface area contributed by atoms with Crippen LogP contribution in [0.25, 0.3) is 0 Å². The normalized spacial score (nSPS) is 13.3. The monoisotopic (exact) mass is 408 g/mol. The van der Waals surface area contributed by atoms with Crippen molar-refractivity contribution in [1.82, 2.24) is 5.32 Å². The van der Waals surface area contributed by atoms with Crippen molar-refractivity contribution in [3.05, 3.63) is 53.6 Å². The van der Waals surface area contributed by atoms with Gasteiger partial charge in [-0.2, -0.15) is 13.2 Å². The molecule has 9 heteroatoms. The Bertz CT molecular complexity index is 900. The minimum Gasteiger partial charge on any atom is -0.492 e. The second-order valence-corrected chi connectivity index (χ2v) is 6.38. The van der Waals surface area contributed by atoms with Crippen molar-refractivity contribution in [2.75, 3.05) is 25.1 Å². The van der Waals surface area contributed by atoms with E-state index in [1.54, 1.807) is 12.1 Å². The molecule has 0 spiro atoms. The van der Waals surface area contributed by atoms with Gasteiger partial charge in [0.1, 0.15) is 18.1 Å². The Labute approximate surface area is 165 Å². The van der Waals surface area contributed by atoms with Gasteiger partial charge in [0.25, 0.3) is 5.91 Å². The van der Waals surface area contributed by atoms with Crippen molar-refractivity contribution in [1.29, 1.82) is 0 Å². The number of anilines is 1. The number of carbonyl (C=O) groups is 2. The summed E-state index contributed by atoms with van der Waals surface area (Å²) >= 11 is 0. The molecule has 0 radical (unpaired) electrons. The van der Waals surface area contributed by atoms with Crippen LogP contribution in [0.5, 0.6) is 11.5 Å². The van der Waals surface area contributed by atoms with E-state index in [0.29, 0.717) is 18.6 Å². The minimum absolute atomic E-state index is 0.0127. The van der Waals surface area contributed by atoms with Crippen LogP contribution < -0.4 is 20.1 Å². The molecule has 2 N–H and O–H groups in total. The van der Waals surface area contributed by atoms with Gasteiger partial charge in [-0.1, -0.05) is 6.07 Å². The molecule has 0 saturated carbocycles. The average Bonchev–Trinajstić information content (AvgIpc) is 2.69. The van der Waals surface area contributed by atoms with E-state index < -0.39 is 24.3 Å². The Morgan fingerprint density at radius 1 is 1.07 bits per heavy atom. The molecule has 1 aliphatic heterocycles. The van der Waals surface area contributed by atoms with Crippen molar-refractivity contribution >= 4 is 17.5 Å². The van der Waals surface area contributed by atoms with E-state index in [-0.39, 0.29) is 24.8 Å². The number of carbonyl (C=O) groups excluding carboxylic acids is 2. The van der Waals surface area contributed by atoms with E-state index in [9.17, 15) is 22.8 Å². The molecule has 6 nitrogen and oxygen atoms in total. The van der Waals surface area contributed by atoms with E-state index in [0.717, 1.165) is 23.4 Å². The lowest BCUT2D eigenvalue weighted by Crippen LogP contribution is -2.32. The molecule has 0 saturated heterocycles. The number of rotatable bonds is 7. The highest BCUT2D eigenvalue weighted by Crippen LogP contribution is 2.31. The van der Waals surface area contributed by atoms with E-state index in [1.165, 1.54) is 12.1 Å². The first kappa shape index (κ1) is 20.5. The van der Waals surface area contributed by atoms with E-state index in [4.69, 9.17) is 9.47 Å². The van der Waals surface area contributed by atoms with Crippen LogP contribution >= 0.6 is 0 Å². The lowest BCUT2D eigenvalue weighted by atomic mass is 10.0. The van der Waals surface area contributed by atoms with Crippen molar-refractivity contribution in [2.24, 2.45) is 0 Å². The summed E-state index contributed by atoms with van der Waals surface area (Å²) in [6.07, 6.45) is -3.40. The van der Waals surface area contributed by atoms with Crippen molar-refractivity contribution < 1.29 is 32.2 Å². The summed E-state index contributed by atoms with van der Waals surface area (Å²) < 4.78 is 48.6. The molecule has 0 unspecified atom stereocenters. The fraction of sp³-hybridized carbons (Fsp3) is 0.300. The molecule has 154 valence electrons. The summed E-state index contributed by atoms with van der Waals surface area (Å²) in [5.41, 5.74) is 0.919. The Balaban J connectivity index is 1.39. The number of hydrogen-bond acceptors (Lipinski definition) is 4. The predicted octanol–water partition coefficient (Wildman–Crippen LogP) is 3.16. The number of benzene rings is 2. The molecule has 0 atom stereocenters. The van der Waals surface area contributed by atoms with Crippen LogP contribution in [0.3, 0.4) is 0 Å². The quantitative estimate of drug-likeness (QED) is 0.690. The summed E-state index contributed by atoms with van der Waals surface area (Å²) in [5.74, 6) is 0.0992. The zero-order valence-electron chi connectivity index (χ0n) is 15.3. The summed E-state index contributed by atoms with van der Waals surface area (Å²) in [7, 11) is 0. The van der Waals surface area contributed by atoms with Gasteiger partial charge in [-0.25, -0.2) is 0 Å². The van der Waals surface area contributed by atoms with E-state index in [1.807, 2.05) is 6.07 Å². The van der Waals surface area contributed by atoms with Crippen LogP contribution in [-0.2, 0) is 22.2 Å². The van der Waals surface area contributed by atoms with Gasteiger partial charge in [-0.15, -0.1) is 0 Å². The van der Waals surface area contributed by atoms with Gasteiger partial charge in [0.05, 0.1) is 12.1 Å². The molecule has 29 heavy (non-hydrogen) atoms. The second-order valence-electron chi connectivity index (χ2n) is 6.38. The van der Waals surface area contributed by atoms with Crippen molar-refractivity contribution in [3.63, 3.8) is 0 Å². The maximum Gasteiger partial charge on any atom is 0.416 e. The highest BCUT2D eigenvalue weighted by molar-refractivity contribution is 5.94. The molecule has 0 aliphatic carbocycles. The number of aryl methyl sites for hydroxylation is 1. The first-order valence-corrected chi connectivity index (χ1v) is 8.93. The number of alkyl halides is 3. The fourth-order valence-electron chi connectivity index (χ4n) is 2.77. The van der Waals surface area contributed by atoms with E-state index >= 15 is 0 Å². The smallest absolute Gasteiger partial charge is 0.416 e. The highest BCUT2D eigenvalue weighted by atomic mass is 19.4. The molecular formula is C20H19F3N2O4. The Morgan fingerprint density at radius 3 is 2.66 bits per heavy atom. The first-order valence-electron chi connectivity index (χ1n) is 8.93. The van der Waals surface area contributed by atoms with E-state index in [2.05, 4.69) is 10.6 Å². The Hall–Kier alpha value is -3.23. The molecule has 1 aliphatic rings. The van der Waals surface area contributed by atoms with Gasteiger partial charge < -0.3 is 20.1 Å². The molecule has 0 aromatic heterocycles. The molecule has 0 bridgehead atoms. The van der Waals surface area contributed by atoms with Gasteiger partial charge >= 0.3 is 6.18 Å². The molecule has 0 fully saturated rings. The predicted molar refractivity (Wildman–Crippen MR) is 98.8 cm³/mol. The molecule has 3 rings (SSSR count). The summed E-state index contributed by atoms with van der Waals surface area (Å²) in [6.45, 7) is 0.0128. The topological polar surface area (TPSA) is 76.7 Å². The number of fused-ring (bicyclic) bond motifs is 1. The minimum atomic E-state index is -4.47. The maximum absolute atomic E-state index is 12.7. The number of nitrogens with one attached hydrogen (secondary N) is 2. The van der Waals surface area contributed by atoms with Gasteiger partial charge in [0, 0.05) is 12.1 Å². The Morgan fingerprint density at radius 2 is 1.86 bits per heavy atom. The highest BCUT2D eigenvalue weighted by Gasteiger charge is 2.30. The first-order chi connectivity index (χ1) is 13.8. The molecular weight excluding hydrogens is 389 g/mol. The van der Waals surface area contributed by atoms with Crippen LogP contribution in [0.4, 0.5) is 18.9 Å². The maximum atomic E-state index is 12.7. The molecule has 2 aromatic rings. The molecule has 2 amide bonds. The summed E-state index contributed by atoms with van der Waals surface area (Å²) in [5, 5.41) is 5.35. The average molecular weight is 408 g/mol. The van der Waals surface area contributed by atoms with Crippen LogP contribution in [0.2, 0.25) is 0 Å². The third kappa shape index (κ3) is 5.87. The van der Waals surface area contributed by atoms with Gasteiger partial charge in [-0.3, -0.25) is 9.59 Å². The largest absolute Gasteiger partial charge is 0.492 e. The van der Waals surface area contributed by atoms with Crippen LogP contribution in [0.1, 0.15) is 17.5 Å². The van der Waals surface area contributed by atoms with Crippen LogP contribution in [-0.4, -0.2) is 31.6 Å². The van der Waals surface area contributed by atoms with Gasteiger partial charge in [0.2, 0.25) is 5.91 Å². The van der Waals surface area contributed by atoms with Crippen molar-refractivity contribution in [2.45, 2.75) is 19.0 Å².